The van der Waals surface area contributed by atoms with E-state index in [4.69, 9.17) is 4.42 Å². The molecule has 174 valence electrons. The lowest BCUT2D eigenvalue weighted by molar-refractivity contribution is 0.670. The molecule has 0 aliphatic heterocycles. The van der Waals surface area contributed by atoms with E-state index in [1.807, 2.05) is 12.1 Å². The second-order valence-corrected chi connectivity index (χ2v) is 10.0. The van der Waals surface area contributed by atoms with Crippen LogP contribution in [0.4, 0.5) is 0 Å². The van der Waals surface area contributed by atoms with E-state index >= 15 is 0 Å². The van der Waals surface area contributed by atoms with Crippen molar-refractivity contribution in [2.24, 2.45) is 0 Å². The Morgan fingerprint density at radius 2 is 1.27 bits per heavy atom. The molecule has 2 aliphatic carbocycles. The van der Waals surface area contributed by atoms with Crippen molar-refractivity contribution in [1.82, 2.24) is 0 Å². The molecule has 1 unspecified atom stereocenters. The van der Waals surface area contributed by atoms with Gasteiger partial charge in [-0.15, -0.1) is 0 Å². The number of rotatable bonds is 3. The van der Waals surface area contributed by atoms with E-state index < -0.39 is 0 Å². The van der Waals surface area contributed by atoms with E-state index in [9.17, 15) is 0 Å². The highest BCUT2D eigenvalue weighted by Crippen LogP contribution is 2.57. The fourth-order valence-corrected chi connectivity index (χ4v) is 6.68. The van der Waals surface area contributed by atoms with Gasteiger partial charge in [0.25, 0.3) is 0 Å². The number of para-hydroxylation sites is 2. The zero-order valence-corrected chi connectivity index (χ0v) is 20.3. The lowest BCUT2D eigenvalue weighted by Crippen LogP contribution is -2.29. The van der Waals surface area contributed by atoms with Crippen LogP contribution in [0.15, 0.2) is 143 Å². The van der Waals surface area contributed by atoms with E-state index in [1.54, 1.807) is 0 Å². The minimum atomic E-state index is -0.315. The largest absolute Gasteiger partial charge is 0.455 e. The Morgan fingerprint density at radius 3 is 2.16 bits per heavy atom. The lowest BCUT2D eigenvalue weighted by atomic mass is 9.67. The Labute approximate surface area is 216 Å². The number of benzene rings is 5. The van der Waals surface area contributed by atoms with Crippen molar-refractivity contribution in [3.05, 3.63) is 161 Å². The predicted octanol–water partition coefficient (Wildman–Crippen LogP) is 9.31. The van der Waals surface area contributed by atoms with Crippen LogP contribution in [-0.4, -0.2) is 0 Å². The molecule has 1 aromatic heterocycles. The monoisotopic (exact) mass is 472 g/mol. The fraction of sp³-hybridized carbons (Fsp3) is 0.0556. The summed E-state index contributed by atoms with van der Waals surface area (Å²) < 4.78 is 6.34. The number of hydrogen-bond acceptors (Lipinski definition) is 1. The molecule has 0 spiro atoms. The lowest BCUT2D eigenvalue weighted by Gasteiger charge is -2.34. The average molecular weight is 473 g/mol. The quantitative estimate of drug-likeness (QED) is 0.250. The predicted molar refractivity (Wildman–Crippen MR) is 153 cm³/mol. The van der Waals surface area contributed by atoms with Crippen molar-refractivity contribution in [3.8, 4) is 11.1 Å². The summed E-state index contributed by atoms with van der Waals surface area (Å²) in [6.07, 6.45) is 5.66. The summed E-state index contributed by atoms with van der Waals surface area (Å²) in [5.41, 5.74) is 12.1. The average Bonchev–Trinajstić information content (AvgIpc) is 3.66. The number of furan rings is 1. The summed E-state index contributed by atoms with van der Waals surface area (Å²) in [5.74, 6) is 0. The molecular formula is C36H24O. The van der Waals surface area contributed by atoms with Crippen molar-refractivity contribution in [3.63, 3.8) is 0 Å². The topological polar surface area (TPSA) is 13.1 Å². The Bertz CT molecular complexity index is 1880. The SMILES string of the molecule is C1=CC2=C(C1)c1ccccc1C2(c1ccccc1)c1ccc(-c2cccc3c2oc2ccccc23)cc1. The highest BCUT2D eigenvalue weighted by molar-refractivity contribution is 6.09. The molecule has 5 aromatic carbocycles. The summed E-state index contributed by atoms with van der Waals surface area (Å²) in [6.45, 7) is 0. The highest BCUT2D eigenvalue weighted by atomic mass is 16.3. The first-order valence-electron chi connectivity index (χ1n) is 12.9. The van der Waals surface area contributed by atoms with Crippen LogP contribution in [0, 0.1) is 0 Å². The van der Waals surface area contributed by atoms with Gasteiger partial charge >= 0.3 is 0 Å². The summed E-state index contributed by atoms with van der Waals surface area (Å²) >= 11 is 0. The number of fused-ring (bicyclic) bond motifs is 5. The van der Waals surface area contributed by atoms with Crippen LogP contribution in [-0.2, 0) is 5.41 Å². The van der Waals surface area contributed by atoms with Gasteiger partial charge in [0.15, 0.2) is 0 Å². The van der Waals surface area contributed by atoms with Crippen molar-refractivity contribution < 1.29 is 4.42 Å². The van der Waals surface area contributed by atoms with Gasteiger partial charge in [-0.3, -0.25) is 0 Å². The summed E-state index contributed by atoms with van der Waals surface area (Å²) in [6, 6.07) is 43.8. The maximum Gasteiger partial charge on any atom is 0.143 e. The standard InChI is InChI=1S/C36H24O/c1-2-10-25(11-3-1)36(32-17-6-4-12-28(32)29-15-9-18-33(29)36)26-22-20-24(21-23-26)27-14-8-16-31-30-13-5-7-19-34(30)37-35(27)31/h1-14,16-23H,15H2. The van der Waals surface area contributed by atoms with Crippen LogP contribution >= 0.6 is 0 Å². The van der Waals surface area contributed by atoms with Crippen LogP contribution < -0.4 is 0 Å². The van der Waals surface area contributed by atoms with Gasteiger partial charge in [-0.1, -0.05) is 127 Å². The first-order chi connectivity index (χ1) is 18.4. The van der Waals surface area contributed by atoms with E-state index in [0.717, 1.165) is 33.9 Å². The van der Waals surface area contributed by atoms with Gasteiger partial charge in [0, 0.05) is 16.3 Å². The Morgan fingerprint density at radius 1 is 0.568 bits per heavy atom. The molecule has 6 aromatic rings. The van der Waals surface area contributed by atoms with Gasteiger partial charge in [-0.05, 0) is 51.5 Å². The molecular weight excluding hydrogens is 448 g/mol. The first kappa shape index (κ1) is 20.6. The van der Waals surface area contributed by atoms with Gasteiger partial charge in [-0.2, -0.15) is 0 Å². The van der Waals surface area contributed by atoms with E-state index in [2.05, 4.69) is 121 Å². The second kappa shape index (κ2) is 7.69. The molecule has 1 heteroatoms. The molecule has 2 aliphatic rings. The Balaban J connectivity index is 1.35. The fourth-order valence-electron chi connectivity index (χ4n) is 6.68. The minimum Gasteiger partial charge on any atom is -0.455 e. The molecule has 0 bridgehead atoms. The van der Waals surface area contributed by atoms with Gasteiger partial charge in [-0.25, -0.2) is 0 Å². The van der Waals surface area contributed by atoms with Crippen molar-refractivity contribution in [2.75, 3.05) is 0 Å². The van der Waals surface area contributed by atoms with Crippen molar-refractivity contribution >= 4 is 27.5 Å². The summed E-state index contributed by atoms with van der Waals surface area (Å²) in [7, 11) is 0. The smallest absolute Gasteiger partial charge is 0.143 e. The second-order valence-electron chi connectivity index (χ2n) is 10.0. The Kier molecular flexibility index (Phi) is 4.27. The molecule has 37 heavy (non-hydrogen) atoms. The van der Waals surface area contributed by atoms with Gasteiger partial charge in [0.2, 0.25) is 0 Å². The van der Waals surface area contributed by atoms with Crippen LogP contribution in [0.25, 0.3) is 38.6 Å². The van der Waals surface area contributed by atoms with E-state index in [1.165, 1.54) is 39.0 Å². The maximum absolute atomic E-state index is 6.34. The van der Waals surface area contributed by atoms with Gasteiger partial charge in [0.1, 0.15) is 11.2 Å². The van der Waals surface area contributed by atoms with Crippen molar-refractivity contribution in [1.29, 1.82) is 0 Å². The van der Waals surface area contributed by atoms with Crippen LogP contribution in [0.3, 0.4) is 0 Å². The van der Waals surface area contributed by atoms with Crippen LogP contribution in [0.2, 0.25) is 0 Å². The third kappa shape index (κ3) is 2.74. The third-order valence-corrected chi connectivity index (χ3v) is 8.23. The molecule has 1 nitrogen and oxygen atoms in total. The molecule has 1 heterocycles. The Hall–Kier alpha value is -4.62. The van der Waals surface area contributed by atoms with E-state index in [0.29, 0.717) is 0 Å². The first-order valence-corrected chi connectivity index (χ1v) is 12.9. The summed E-state index contributed by atoms with van der Waals surface area (Å²) in [4.78, 5) is 0. The molecule has 8 rings (SSSR count). The van der Waals surface area contributed by atoms with Gasteiger partial charge < -0.3 is 4.42 Å². The summed E-state index contributed by atoms with van der Waals surface area (Å²) in [5, 5.41) is 2.32. The number of allylic oxidation sites excluding steroid dienone is 4. The van der Waals surface area contributed by atoms with Crippen LogP contribution in [0.1, 0.15) is 28.7 Å². The van der Waals surface area contributed by atoms with Crippen molar-refractivity contribution in [2.45, 2.75) is 11.8 Å². The molecule has 0 saturated heterocycles. The minimum absolute atomic E-state index is 0.315. The third-order valence-electron chi connectivity index (χ3n) is 8.23. The normalized spacial score (nSPS) is 18.1. The number of hydrogen-bond donors (Lipinski definition) is 0. The van der Waals surface area contributed by atoms with E-state index in [-0.39, 0.29) is 5.41 Å². The molecule has 0 radical (unpaired) electrons. The molecule has 0 amide bonds. The molecule has 0 N–H and O–H groups in total. The van der Waals surface area contributed by atoms with Gasteiger partial charge in [0.05, 0.1) is 5.41 Å². The maximum atomic E-state index is 6.34. The highest BCUT2D eigenvalue weighted by Gasteiger charge is 2.47. The van der Waals surface area contributed by atoms with Crippen LogP contribution in [0.5, 0.6) is 0 Å². The zero-order chi connectivity index (χ0) is 24.4. The molecule has 0 fully saturated rings. The zero-order valence-electron chi connectivity index (χ0n) is 20.3. The molecule has 1 atom stereocenters. The molecule has 0 saturated carbocycles.